The summed E-state index contributed by atoms with van der Waals surface area (Å²) in [5.74, 6) is 0.866. The zero-order valence-electron chi connectivity index (χ0n) is 11.6. The molecule has 104 valence electrons. The van der Waals surface area contributed by atoms with E-state index < -0.39 is 0 Å². The highest BCUT2D eigenvalue weighted by atomic mass is 32.1. The van der Waals surface area contributed by atoms with Gasteiger partial charge in [-0.3, -0.25) is 4.79 Å². The predicted octanol–water partition coefficient (Wildman–Crippen LogP) is 3.52. The fourth-order valence-corrected chi connectivity index (χ4v) is 3.65. The number of benzene rings is 1. The molecule has 20 heavy (non-hydrogen) atoms. The van der Waals surface area contributed by atoms with Gasteiger partial charge in [-0.2, -0.15) is 0 Å². The summed E-state index contributed by atoms with van der Waals surface area (Å²) in [6.07, 6.45) is 0.958. The van der Waals surface area contributed by atoms with Crippen LogP contribution in [0.2, 0.25) is 0 Å². The maximum atomic E-state index is 12.6. The monoisotopic (exact) mass is 287 g/mol. The Hall–Kier alpha value is -1.81. The van der Waals surface area contributed by atoms with Crippen LogP contribution in [0.15, 0.2) is 35.7 Å². The first-order chi connectivity index (χ1) is 9.70. The molecule has 0 aliphatic carbocycles. The molecule has 4 heteroatoms. The second kappa shape index (κ2) is 5.29. The number of methoxy groups -OCH3 is 1. The molecule has 1 aliphatic rings. The van der Waals surface area contributed by atoms with Crippen LogP contribution in [-0.4, -0.2) is 24.5 Å². The van der Waals surface area contributed by atoms with Gasteiger partial charge in [0.15, 0.2) is 0 Å². The second-order valence-electron chi connectivity index (χ2n) is 4.95. The van der Waals surface area contributed by atoms with Crippen LogP contribution in [0.1, 0.15) is 33.8 Å². The number of thiophene rings is 1. The third-order valence-electron chi connectivity index (χ3n) is 3.88. The van der Waals surface area contributed by atoms with Crippen LogP contribution >= 0.6 is 11.3 Å². The van der Waals surface area contributed by atoms with Crippen molar-refractivity contribution in [2.24, 2.45) is 0 Å². The molecule has 2 aromatic rings. The number of fused-ring (bicyclic) bond motifs is 1. The van der Waals surface area contributed by atoms with Crippen molar-refractivity contribution in [2.45, 2.75) is 19.4 Å². The van der Waals surface area contributed by atoms with Crippen molar-refractivity contribution in [3.63, 3.8) is 0 Å². The molecular formula is C16H17NO2S. The minimum absolute atomic E-state index is 0.0944. The minimum atomic E-state index is 0.0944. The van der Waals surface area contributed by atoms with Crippen LogP contribution in [0.3, 0.4) is 0 Å². The summed E-state index contributed by atoms with van der Waals surface area (Å²) >= 11 is 1.79. The summed E-state index contributed by atoms with van der Waals surface area (Å²) in [7, 11) is 1.63. The average Bonchev–Trinajstić information content (AvgIpc) is 2.96. The molecule has 1 amide bonds. The van der Waals surface area contributed by atoms with Gasteiger partial charge in [0.2, 0.25) is 0 Å². The highest BCUT2D eigenvalue weighted by molar-refractivity contribution is 7.10. The normalized spacial score (nSPS) is 17.7. The lowest BCUT2D eigenvalue weighted by Gasteiger charge is -2.33. The van der Waals surface area contributed by atoms with Gasteiger partial charge in [0.1, 0.15) is 5.75 Å². The Morgan fingerprint density at radius 3 is 2.75 bits per heavy atom. The van der Waals surface area contributed by atoms with E-state index in [1.807, 2.05) is 29.2 Å². The lowest BCUT2D eigenvalue weighted by Crippen LogP contribution is -2.38. The van der Waals surface area contributed by atoms with E-state index in [4.69, 9.17) is 4.74 Å². The summed E-state index contributed by atoms with van der Waals surface area (Å²) in [4.78, 5) is 16.0. The number of hydrogen-bond acceptors (Lipinski definition) is 3. The van der Waals surface area contributed by atoms with Crippen molar-refractivity contribution < 1.29 is 9.53 Å². The topological polar surface area (TPSA) is 29.5 Å². The number of amides is 1. The first kappa shape index (κ1) is 13.2. The van der Waals surface area contributed by atoms with E-state index >= 15 is 0 Å². The fourth-order valence-electron chi connectivity index (χ4n) is 2.69. The molecule has 1 atom stereocenters. The lowest BCUT2D eigenvalue weighted by molar-refractivity contribution is 0.0679. The average molecular weight is 287 g/mol. The van der Waals surface area contributed by atoms with Gasteiger partial charge in [-0.05, 0) is 54.6 Å². The Morgan fingerprint density at radius 1 is 1.30 bits per heavy atom. The van der Waals surface area contributed by atoms with Crippen LogP contribution in [0, 0.1) is 0 Å². The van der Waals surface area contributed by atoms with E-state index in [1.54, 1.807) is 18.4 Å². The number of carbonyl (C=O) groups excluding carboxylic acids is 1. The minimum Gasteiger partial charge on any atom is -0.497 e. The number of hydrogen-bond donors (Lipinski definition) is 0. The molecule has 1 aromatic heterocycles. The fraction of sp³-hybridized carbons (Fsp3) is 0.312. The third-order valence-corrected chi connectivity index (χ3v) is 4.87. The van der Waals surface area contributed by atoms with Gasteiger partial charge in [0.05, 0.1) is 13.2 Å². The quantitative estimate of drug-likeness (QED) is 0.846. The number of carbonyl (C=O) groups is 1. The lowest BCUT2D eigenvalue weighted by atomic mass is 10.0. The van der Waals surface area contributed by atoms with E-state index in [-0.39, 0.29) is 11.9 Å². The Morgan fingerprint density at radius 2 is 2.05 bits per heavy atom. The predicted molar refractivity (Wildman–Crippen MR) is 80.5 cm³/mol. The smallest absolute Gasteiger partial charge is 0.254 e. The molecule has 1 aromatic carbocycles. The first-order valence-electron chi connectivity index (χ1n) is 6.72. The molecule has 0 N–H and O–H groups in total. The number of rotatable bonds is 2. The summed E-state index contributed by atoms with van der Waals surface area (Å²) in [5.41, 5.74) is 2.01. The van der Waals surface area contributed by atoms with Crippen molar-refractivity contribution in [1.29, 1.82) is 0 Å². The van der Waals surface area contributed by atoms with Gasteiger partial charge in [0.25, 0.3) is 5.91 Å². The molecule has 1 aliphatic heterocycles. The van der Waals surface area contributed by atoms with Gasteiger partial charge < -0.3 is 9.64 Å². The molecule has 0 bridgehead atoms. The van der Waals surface area contributed by atoms with E-state index in [0.29, 0.717) is 0 Å². The zero-order chi connectivity index (χ0) is 14.1. The van der Waals surface area contributed by atoms with E-state index in [0.717, 1.165) is 24.3 Å². The first-order valence-corrected chi connectivity index (χ1v) is 7.60. The van der Waals surface area contributed by atoms with E-state index in [2.05, 4.69) is 18.4 Å². The molecule has 3 rings (SSSR count). The van der Waals surface area contributed by atoms with Crippen molar-refractivity contribution in [3.8, 4) is 5.75 Å². The van der Waals surface area contributed by atoms with Gasteiger partial charge in [0, 0.05) is 17.0 Å². The SMILES string of the molecule is COc1ccc(C(=O)N2CCc3sccc3[C@H]2C)cc1. The maximum Gasteiger partial charge on any atom is 0.254 e. The highest BCUT2D eigenvalue weighted by Crippen LogP contribution is 2.33. The summed E-state index contributed by atoms with van der Waals surface area (Å²) in [5, 5.41) is 2.11. The third kappa shape index (κ3) is 2.20. The summed E-state index contributed by atoms with van der Waals surface area (Å²) in [6, 6.07) is 9.61. The number of ether oxygens (including phenoxy) is 1. The molecule has 3 nitrogen and oxygen atoms in total. The maximum absolute atomic E-state index is 12.6. The van der Waals surface area contributed by atoms with Crippen LogP contribution in [0.5, 0.6) is 5.75 Å². The Balaban J connectivity index is 1.84. The standard InChI is InChI=1S/C16H17NO2S/c1-11-14-8-10-20-15(14)7-9-17(11)16(18)12-3-5-13(19-2)6-4-12/h3-6,8,10-11H,7,9H2,1-2H3/t11-/m1/s1. The van der Waals surface area contributed by atoms with Crippen LogP contribution < -0.4 is 4.74 Å². The van der Waals surface area contributed by atoms with Gasteiger partial charge in [-0.1, -0.05) is 0 Å². The van der Waals surface area contributed by atoms with Gasteiger partial charge >= 0.3 is 0 Å². The van der Waals surface area contributed by atoms with Crippen molar-refractivity contribution >= 4 is 17.2 Å². The Kier molecular flexibility index (Phi) is 3.49. The molecule has 0 saturated heterocycles. The largest absolute Gasteiger partial charge is 0.497 e. The molecular weight excluding hydrogens is 270 g/mol. The Bertz CT molecular complexity index is 618. The molecule has 2 heterocycles. The summed E-state index contributed by atoms with van der Waals surface area (Å²) < 4.78 is 5.13. The van der Waals surface area contributed by atoms with Crippen LogP contribution in [-0.2, 0) is 6.42 Å². The highest BCUT2D eigenvalue weighted by Gasteiger charge is 2.28. The summed E-state index contributed by atoms with van der Waals surface area (Å²) in [6.45, 7) is 2.89. The van der Waals surface area contributed by atoms with Gasteiger partial charge in [-0.15, -0.1) is 11.3 Å². The van der Waals surface area contributed by atoms with Crippen LogP contribution in [0.25, 0.3) is 0 Å². The van der Waals surface area contributed by atoms with Gasteiger partial charge in [-0.25, -0.2) is 0 Å². The van der Waals surface area contributed by atoms with Crippen molar-refractivity contribution in [1.82, 2.24) is 4.90 Å². The molecule has 0 radical (unpaired) electrons. The Labute approximate surface area is 122 Å². The zero-order valence-corrected chi connectivity index (χ0v) is 12.4. The molecule has 0 unspecified atom stereocenters. The molecule has 0 saturated carbocycles. The molecule has 0 fully saturated rings. The van der Waals surface area contributed by atoms with Crippen LogP contribution in [0.4, 0.5) is 0 Å². The number of nitrogens with zero attached hydrogens (tertiary/aromatic N) is 1. The second-order valence-corrected chi connectivity index (χ2v) is 5.95. The molecule has 0 spiro atoms. The van der Waals surface area contributed by atoms with E-state index in [1.165, 1.54) is 10.4 Å². The van der Waals surface area contributed by atoms with Crippen molar-refractivity contribution in [2.75, 3.05) is 13.7 Å². The van der Waals surface area contributed by atoms with E-state index in [9.17, 15) is 4.79 Å². The van der Waals surface area contributed by atoms with Crippen molar-refractivity contribution in [3.05, 3.63) is 51.7 Å².